The highest BCUT2D eigenvalue weighted by atomic mass is 16.2. The molecule has 70 valence electrons. The largest absolute Gasteiger partial charge is 0.412 e. The van der Waals surface area contributed by atoms with E-state index < -0.39 is 0 Å². The summed E-state index contributed by atoms with van der Waals surface area (Å²) in [6, 6.07) is 12.0. The van der Waals surface area contributed by atoms with E-state index in [1.165, 1.54) is 0 Å². The van der Waals surface area contributed by atoms with Gasteiger partial charge in [0.1, 0.15) is 0 Å². The summed E-state index contributed by atoms with van der Waals surface area (Å²) in [7, 11) is 0. The first-order chi connectivity index (χ1) is 5.41. The van der Waals surface area contributed by atoms with E-state index >= 15 is 0 Å². The number of unbranched alkanes of at least 4 members (excludes halogenated alkanes) is 1. The highest BCUT2D eigenvalue weighted by Gasteiger charge is 1.69. The molecule has 0 radical (unpaired) electrons. The fraction of sp³-hybridized carbons (Fsp3) is 0.400. The Bertz CT molecular complexity index is 111. The van der Waals surface area contributed by atoms with Crippen molar-refractivity contribution in [1.29, 1.82) is 0 Å². The first kappa shape index (κ1) is 13.7. The molecule has 0 bridgehead atoms. The van der Waals surface area contributed by atoms with Gasteiger partial charge in [-0.25, -0.2) is 0 Å². The molecule has 0 saturated heterocycles. The van der Waals surface area contributed by atoms with Gasteiger partial charge in [-0.15, -0.1) is 0 Å². The van der Waals surface area contributed by atoms with Crippen LogP contribution in [0.15, 0.2) is 36.4 Å². The zero-order valence-electron chi connectivity index (χ0n) is 7.53. The van der Waals surface area contributed by atoms with Crippen LogP contribution >= 0.6 is 0 Å². The lowest BCUT2D eigenvalue weighted by molar-refractivity contribution is 0.287. The summed E-state index contributed by atoms with van der Waals surface area (Å²) in [5, 5.41) is 8.07. The van der Waals surface area contributed by atoms with Gasteiger partial charge in [0, 0.05) is 6.61 Å². The Morgan fingerprint density at radius 2 is 1.25 bits per heavy atom. The van der Waals surface area contributed by atoms with Gasteiger partial charge < -0.3 is 10.6 Å². The number of hydrogen-bond donors (Lipinski definition) is 1. The molecule has 0 aliphatic heterocycles. The van der Waals surface area contributed by atoms with E-state index in [1.807, 2.05) is 36.4 Å². The third kappa shape index (κ3) is 11.9. The van der Waals surface area contributed by atoms with E-state index in [2.05, 4.69) is 6.92 Å². The minimum atomic E-state index is 0. The van der Waals surface area contributed by atoms with Gasteiger partial charge in [0.05, 0.1) is 0 Å². The molecule has 0 saturated carbocycles. The zero-order valence-corrected chi connectivity index (χ0v) is 7.53. The van der Waals surface area contributed by atoms with Crippen molar-refractivity contribution in [2.45, 2.75) is 19.8 Å². The molecule has 1 aromatic rings. The van der Waals surface area contributed by atoms with E-state index in [1.54, 1.807) is 0 Å². The maximum Gasteiger partial charge on any atom is 0.0430 e. The molecule has 1 aromatic carbocycles. The molecular formula is C10H18O2. The molecule has 0 aliphatic rings. The Labute approximate surface area is 74.2 Å². The number of hydrogen-bond acceptors (Lipinski definition) is 1. The number of aliphatic hydroxyl groups excluding tert-OH is 1. The van der Waals surface area contributed by atoms with E-state index in [9.17, 15) is 0 Å². The average Bonchev–Trinajstić information content (AvgIpc) is 2.10. The van der Waals surface area contributed by atoms with E-state index in [0.717, 1.165) is 12.8 Å². The van der Waals surface area contributed by atoms with Crippen LogP contribution in [0, 0.1) is 0 Å². The molecule has 2 heteroatoms. The molecular weight excluding hydrogens is 152 g/mol. The molecule has 0 fully saturated rings. The minimum Gasteiger partial charge on any atom is -0.412 e. The van der Waals surface area contributed by atoms with Crippen molar-refractivity contribution in [2.75, 3.05) is 6.61 Å². The van der Waals surface area contributed by atoms with Crippen LogP contribution < -0.4 is 0 Å². The Kier molecular flexibility index (Phi) is 14.6. The monoisotopic (exact) mass is 170 g/mol. The van der Waals surface area contributed by atoms with Crippen molar-refractivity contribution in [3.63, 3.8) is 0 Å². The molecule has 0 aromatic heterocycles. The number of rotatable bonds is 2. The predicted molar refractivity (Wildman–Crippen MR) is 52.0 cm³/mol. The molecule has 0 amide bonds. The fourth-order valence-corrected chi connectivity index (χ4v) is 0.543. The number of benzene rings is 1. The van der Waals surface area contributed by atoms with Crippen LogP contribution in [0.2, 0.25) is 0 Å². The first-order valence-corrected chi connectivity index (χ1v) is 4.02. The Balaban J connectivity index is 0. The topological polar surface area (TPSA) is 51.7 Å². The second-order valence-electron chi connectivity index (χ2n) is 2.23. The van der Waals surface area contributed by atoms with Crippen molar-refractivity contribution < 1.29 is 10.6 Å². The Hall–Kier alpha value is -0.860. The Morgan fingerprint density at radius 1 is 0.917 bits per heavy atom. The summed E-state index contributed by atoms with van der Waals surface area (Å²) < 4.78 is 0. The van der Waals surface area contributed by atoms with Gasteiger partial charge in [-0.1, -0.05) is 49.7 Å². The summed E-state index contributed by atoms with van der Waals surface area (Å²) in [4.78, 5) is 0. The van der Waals surface area contributed by atoms with Crippen molar-refractivity contribution in [2.24, 2.45) is 0 Å². The lowest BCUT2D eigenvalue weighted by Crippen LogP contribution is -1.75. The standard InChI is InChI=1S/C6H6.C4H10O.H2O/c1-2-4-6-5-3-1;1-2-3-4-5;/h1-6H;5H,2-4H2,1H3;1H2. The number of aliphatic hydroxyl groups is 1. The summed E-state index contributed by atoms with van der Waals surface area (Å²) >= 11 is 0. The quantitative estimate of drug-likeness (QED) is 0.720. The smallest absolute Gasteiger partial charge is 0.0430 e. The van der Waals surface area contributed by atoms with Crippen LogP contribution in [-0.4, -0.2) is 17.2 Å². The van der Waals surface area contributed by atoms with Gasteiger partial charge in [0.25, 0.3) is 0 Å². The molecule has 0 spiro atoms. The van der Waals surface area contributed by atoms with Crippen molar-refractivity contribution in [1.82, 2.24) is 0 Å². The lowest BCUT2D eigenvalue weighted by Gasteiger charge is -1.79. The molecule has 2 nitrogen and oxygen atoms in total. The highest BCUT2D eigenvalue weighted by molar-refractivity contribution is 4.99. The van der Waals surface area contributed by atoms with Gasteiger partial charge in [0.2, 0.25) is 0 Å². The van der Waals surface area contributed by atoms with Gasteiger partial charge >= 0.3 is 0 Å². The van der Waals surface area contributed by atoms with Gasteiger partial charge in [-0.3, -0.25) is 0 Å². The van der Waals surface area contributed by atoms with Crippen LogP contribution in [0.1, 0.15) is 19.8 Å². The van der Waals surface area contributed by atoms with Crippen molar-refractivity contribution in [3.05, 3.63) is 36.4 Å². The SMILES string of the molecule is CCCCO.O.c1ccccc1. The van der Waals surface area contributed by atoms with E-state index in [0.29, 0.717) is 6.61 Å². The molecule has 0 atom stereocenters. The molecule has 0 unspecified atom stereocenters. The van der Waals surface area contributed by atoms with Gasteiger partial charge in [-0.05, 0) is 6.42 Å². The van der Waals surface area contributed by atoms with E-state index in [-0.39, 0.29) is 5.48 Å². The van der Waals surface area contributed by atoms with Gasteiger partial charge in [0.15, 0.2) is 0 Å². The van der Waals surface area contributed by atoms with Crippen LogP contribution in [0.3, 0.4) is 0 Å². The summed E-state index contributed by atoms with van der Waals surface area (Å²) in [6.07, 6.45) is 2.04. The molecule has 12 heavy (non-hydrogen) atoms. The fourth-order valence-electron chi connectivity index (χ4n) is 0.543. The zero-order chi connectivity index (χ0) is 8.36. The third-order valence-corrected chi connectivity index (χ3v) is 1.18. The van der Waals surface area contributed by atoms with Crippen LogP contribution in [-0.2, 0) is 0 Å². The van der Waals surface area contributed by atoms with Crippen LogP contribution in [0.5, 0.6) is 0 Å². The third-order valence-electron chi connectivity index (χ3n) is 1.18. The van der Waals surface area contributed by atoms with Gasteiger partial charge in [-0.2, -0.15) is 0 Å². The molecule has 0 aliphatic carbocycles. The minimum absolute atomic E-state index is 0. The molecule has 0 heterocycles. The van der Waals surface area contributed by atoms with Crippen molar-refractivity contribution >= 4 is 0 Å². The Morgan fingerprint density at radius 3 is 1.33 bits per heavy atom. The van der Waals surface area contributed by atoms with Crippen LogP contribution in [0.25, 0.3) is 0 Å². The second kappa shape index (κ2) is 12.8. The molecule has 3 N–H and O–H groups in total. The summed E-state index contributed by atoms with van der Waals surface area (Å²) in [5.41, 5.74) is 0. The predicted octanol–water partition coefficient (Wildman–Crippen LogP) is 1.64. The van der Waals surface area contributed by atoms with Crippen molar-refractivity contribution in [3.8, 4) is 0 Å². The highest BCUT2D eigenvalue weighted by Crippen LogP contribution is 1.80. The molecule has 1 rings (SSSR count). The summed E-state index contributed by atoms with van der Waals surface area (Å²) in [6.45, 7) is 2.40. The maximum atomic E-state index is 8.07. The first-order valence-electron chi connectivity index (χ1n) is 4.02. The average molecular weight is 170 g/mol. The normalized spacial score (nSPS) is 7.50. The maximum absolute atomic E-state index is 8.07. The lowest BCUT2D eigenvalue weighted by atomic mass is 10.4. The second-order valence-corrected chi connectivity index (χ2v) is 2.23. The summed E-state index contributed by atoms with van der Waals surface area (Å²) in [5.74, 6) is 0. The van der Waals surface area contributed by atoms with Crippen LogP contribution in [0.4, 0.5) is 0 Å². The van der Waals surface area contributed by atoms with E-state index in [4.69, 9.17) is 5.11 Å².